The molecule has 1 aromatic heterocycles. The van der Waals surface area contributed by atoms with Crippen molar-refractivity contribution < 1.29 is 19.4 Å². The van der Waals surface area contributed by atoms with E-state index >= 15 is 0 Å². The number of aromatic hydroxyl groups is 1. The largest absolute Gasteiger partial charge is 0.507 e. The molecule has 0 aliphatic rings. The number of esters is 1. The van der Waals surface area contributed by atoms with E-state index in [0.29, 0.717) is 30.2 Å². The summed E-state index contributed by atoms with van der Waals surface area (Å²) < 4.78 is 10.5. The van der Waals surface area contributed by atoms with Gasteiger partial charge in [-0.1, -0.05) is 6.92 Å². The van der Waals surface area contributed by atoms with Crippen LogP contribution in [-0.2, 0) is 9.53 Å². The van der Waals surface area contributed by atoms with Crippen LogP contribution in [0.5, 0.6) is 11.5 Å². The molecule has 0 saturated carbocycles. The van der Waals surface area contributed by atoms with Gasteiger partial charge < -0.3 is 14.6 Å². The topological polar surface area (TPSA) is 94.4 Å². The molecule has 2 aromatic rings. The number of hydrogen-bond donors (Lipinski definition) is 1. The maximum atomic E-state index is 11.7. The van der Waals surface area contributed by atoms with Crippen molar-refractivity contribution in [2.45, 2.75) is 26.4 Å². The average molecular weight is 303 g/mol. The minimum absolute atomic E-state index is 0.0394. The molecular weight excluding hydrogens is 286 g/mol. The van der Waals surface area contributed by atoms with Gasteiger partial charge in [0.1, 0.15) is 24.2 Å². The third kappa shape index (κ3) is 3.69. The van der Waals surface area contributed by atoms with E-state index in [2.05, 4.69) is 15.0 Å². The van der Waals surface area contributed by atoms with Gasteiger partial charge in [0, 0.05) is 6.07 Å². The number of carbonyl (C=O) groups is 1. The average Bonchev–Trinajstić information content (AvgIpc) is 2.53. The molecule has 1 heterocycles. The number of ether oxygens (including phenoxy) is 2. The summed E-state index contributed by atoms with van der Waals surface area (Å²) in [5.74, 6) is 0.264. The van der Waals surface area contributed by atoms with E-state index < -0.39 is 12.1 Å². The van der Waals surface area contributed by atoms with E-state index in [4.69, 9.17) is 9.47 Å². The van der Waals surface area contributed by atoms with Gasteiger partial charge in [-0.05, 0) is 25.5 Å². The van der Waals surface area contributed by atoms with Gasteiger partial charge in [0.05, 0.1) is 12.2 Å². The van der Waals surface area contributed by atoms with Gasteiger partial charge in [-0.3, -0.25) is 0 Å². The standard InChI is InChI=1S/C15H17N3O4/c1-3-13(15(20)21-4-2)22-10-5-6-11(12(19)7-10)14-17-8-16-9-18-14/h5-9,13,19H,3-4H2,1-2H3/t13-/m1/s1. The lowest BCUT2D eigenvalue weighted by molar-refractivity contribution is -0.151. The van der Waals surface area contributed by atoms with E-state index in [1.54, 1.807) is 19.1 Å². The van der Waals surface area contributed by atoms with Crippen molar-refractivity contribution in [3.8, 4) is 22.9 Å². The van der Waals surface area contributed by atoms with Gasteiger partial charge in [0.25, 0.3) is 0 Å². The second kappa shape index (κ2) is 7.35. The minimum Gasteiger partial charge on any atom is -0.507 e. The second-order valence-corrected chi connectivity index (χ2v) is 4.41. The smallest absolute Gasteiger partial charge is 0.347 e. The molecule has 0 fully saturated rings. The quantitative estimate of drug-likeness (QED) is 0.815. The number of aromatic nitrogens is 3. The highest BCUT2D eigenvalue weighted by molar-refractivity contribution is 5.75. The van der Waals surface area contributed by atoms with Crippen LogP contribution in [0.25, 0.3) is 11.4 Å². The normalized spacial score (nSPS) is 11.7. The molecule has 116 valence electrons. The summed E-state index contributed by atoms with van der Waals surface area (Å²) in [6, 6.07) is 4.68. The monoisotopic (exact) mass is 303 g/mol. The molecule has 0 aliphatic heterocycles. The fraction of sp³-hybridized carbons (Fsp3) is 0.333. The molecule has 0 unspecified atom stereocenters. The fourth-order valence-corrected chi connectivity index (χ4v) is 1.85. The van der Waals surface area contributed by atoms with Gasteiger partial charge in [-0.15, -0.1) is 0 Å². The number of phenols is 1. The second-order valence-electron chi connectivity index (χ2n) is 4.41. The van der Waals surface area contributed by atoms with Crippen molar-refractivity contribution >= 4 is 5.97 Å². The van der Waals surface area contributed by atoms with Crippen LogP contribution in [0.3, 0.4) is 0 Å². The van der Waals surface area contributed by atoms with Crippen LogP contribution >= 0.6 is 0 Å². The minimum atomic E-state index is -0.706. The van der Waals surface area contributed by atoms with E-state index in [1.165, 1.54) is 18.7 Å². The maximum Gasteiger partial charge on any atom is 0.347 e. The van der Waals surface area contributed by atoms with E-state index in [0.717, 1.165) is 0 Å². The lowest BCUT2D eigenvalue weighted by atomic mass is 10.1. The van der Waals surface area contributed by atoms with Gasteiger partial charge in [-0.2, -0.15) is 0 Å². The first-order valence-electron chi connectivity index (χ1n) is 6.94. The van der Waals surface area contributed by atoms with Crippen molar-refractivity contribution in [1.29, 1.82) is 0 Å². The van der Waals surface area contributed by atoms with Crippen LogP contribution in [0.15, 0.2) is 30.9 Å². The molecule has 7 nitrogen and oxygen atoms in total. The van der Waals surface area contributed by atoms with Crippen molar-refractivity contribution in [2.75, 3.05) is 6.61 Å². The highest BCUT2D eigenvalue weighted by atomic mass is 16.6. The highest BCUT2D eigenvalue weighted by Crippen LogP contribution is 2.30. The third-order valence-electron chi connectivity index (χ3n) is 2.90. The molecule has 1 N–H and O–H groups in total. The summed E-state index contributed by atoms with van der Waals surface area (Å²) in [5.41, 5.74) is 0.457. The SMILES string of the molecule is CCOC(=O)[C@@H](CC)Oc1ccc(-c2ncncn2)c(O)c1. The van der Waals surface area contributed by atoms with Gasteiger partial charge in [-0.25, -0.2) is 19.7 Å². The Balaban J connectivity index is 2.17. The van der Waals surface area contributed by atoms with Crippen molar-refractivity contribution in [2.24, 2.45) is 0 Å². The van der Waals surface area contributed by atoms with Crippen LogP contribution in [0.4, 0.5) is 0 Å². The predicted octanol–water partition coefficient (Wildman–Crippen LogP) is 1.96. The number of rotatable bonds is 6. The van der Waals surface area contributed by atoms with Crippen LogP contribution in [0.2, 0.25) is 0 Å². The van der Waals surface area contributed by atoms with Crippen molar-refractivity contribution in [1.82, 2.24) is 15.0 Å². The Bertz CT molecular complexity index is 634. The first kappa shape index (κ1) is 15.7. The molecule has 0 saturated heterocycles. The Labute approximate surface area is 128 Å². The molecule has 0 amide bonds. The molecule has 2 rings (SSSR count). The Hall–Kier alpha value is -2.70. The van der Waals surface area contributed by atoms with E-state index in [-0.39, 0.29) is 5.75 Å². The zero-order valence-corrected chi connectivity index (χ0v) is 12.4. The van der Waals surface area contributed by atoms with Crippen LogP contribution in [0.1, 0.15) is 20.3 Å². The van der Waals surface area contributed by atoms with Crippen LogP contribution in [0, 0.1) is 0 Å². The fourth-order valence-electron chi connectivity index (χ4n) is 1.85. The van der Waals surface area contributed by atoms with Crippen LogP contribution < -0.4 is 4.74 Å². The molecule has 0 spiro atoms. The molecule has 22 heavy (non-hydrogen) atoms. The first-order chi connectivity index (χ1) is 10.7. The third-order valence-corrected chi connectivity index (χ3v) is 2.90. The molecule has 7 heteroatoms. The van der Waals surface area contributed by atoms with Gasteiger partial charge >= 0.3 is 5.97 Å². The zero-order chi connectivity index (χ0) is 15.9. The zero-order valence-electron chi connectivity index (χ0n) is 12.4. The van der Waals surface area contributed by atoms with Crippen molar-refractivity contribution in [3.63, 3.8) is 0 Å². The Morgan fingerprint density at radius 2 is 2.00 bits per heavy atom. The number of carbonyl (C=O) groups excluding carboxylic acids is 1. The van der Waals surface area contributed by atoms with Crippen molar-refractivity contribution in [3.05, 3.63) is 30.9 Å². The summed E-state index contributed by atoms with van der Waals surface area (Å²) >= 11 is 0. The van der Waals surface area contributed by atoms with E-state index in [1.807, 2.05) is 6.92 Å². The summed E-state index contributed by atoms with van der Waals surface area (Å²) in [7, 11) is 0. The summed E-state index contributed by atoms with van der Waals surface area (Å²) in [5, 5.41) is 10.1. The number of nitrogens with zero attached hydrogens (tertiary/aromatic N) is 3. The molecule has 0 bridgehead atoms. The maximum absolute atomic E-state index is 11.7. The predicted molar refractivity (Wildman–Crippen MR) is 78.3 cm³/mol. The summed E-state index contributed by atoms with van der Waals surface area (Å²) in [6.07, 6.45) is 2.46. The number of phenolic OH excluding ortho intramolecular Hbond substituents is 1. The van der Waals surface area contributed by atoms with Gasteiger partial charge in [0.15, 0.2) is 11.9 Å². The molecule has 1 atom stereocenters. The van der Waals surface area contributed by atoms with Crippen LogP contribution in [-0.4, -0.2) is 38.7 Å². The summed E-state index contributed by atoms with van der Waals surface area (Å²) in [6.45, 7) is 3.85. The van der Waals surface area contributed by atoms with E-state index in [9.17, 15) is 9.90 Å². The lowest BCUT2D eigenvalue weighted by Gasteiger charge is -2.16. The molecule has 0 aliphatic carbocycles. The first-order valence-corrected chi connectivity index (χ1v) is 6.94. The lowest BCUT2D eigenvalue weighted by Crippen LogP contribution is -2.28. The Kier molecular flexibility index (Phi) is 5.24. The van der Waals surface area contributed by atoms with Gasteiger partial charge in [0.2, 0.25) is 0 Å². The summed E-state index contributed by atoms with van der Waals surface area (Å²) in [4.78, 5) is 23.4. The molecular formula is C15H17N3O4. The molecule has 0 radical (unpaired) electrons. The number of benzene rings is 1. The highest BCUT2D eigenvalue weighted by Gasteiger charge is 2.20. The Morgan fingerprint density at radius 1 is 1.27 bits per heavy atom. The Morgan fingerprint density at radius 3 is 2.59 bits per heavy atom. The molecule has 1 aromatic carbocycles. The number of hydrogen-bond acceptors (Lipinski definition) is 7.